The topological polar surface area (TPSA) is 12.9 Å². The van der Waals surface area contributed by atoms with Crippen molar-refractivity contribution in [2.45, 2.75) is 4.34 Å². The minimum atomic E-state index is 0.748. The van der Waals surface area contributed by atoms with E-state index in [1.807, 2.05) is 18.2 Å². The Morgan fingerprint density at radius 3 is 3.00 bits per heavy atom. The molecule has 0 fully saturated rings. The number of rotatable bonds is 4. The second kappa shape index (κ2) is 5.05. The fourth-order valence-electron chi connectivity index (χ4n) is 1.12. The number of thioether (sulfide) groups is 1. The molecule has 0 aliphatic rings. The molecule has 1 heterocycles. The van der Waals surface area contributed by atoms with Gasteiger partial charge in [0.25, 0.3) is 0 Å². The summed E-state index contributed by atoms with van der Waals surface area (Å²) in [7, 11) is 0. The van der Waals surface area contributed by atoms with Gasteiger partial charge in [-0.3, -0.25) is 0 Å². The summed E-state index contributed by atoms with van der Waals surface area (Å²) < 4.78 is 2.36. The van der Waals surface area contributed by atoms with Crippen LogP contribution in [0, 0.1) is 0 Å². The number of hydrogen-bond donors (Lipinski definition) is 1. The van der Waals surface area contributed by atoms with E-state index in [1.165, 1.54) is 4.70 Å². The molecule has 0 unspecified atom stereocenters. The van der Waals surface area contributed by atoms with Crippen LogP contribution in [-0.4, -0.2) is 16.5 Å². The second-order valence-corrected chi connectivity index (χ2v) is 5.71. The molecule has 78 valence electrons. The van der Waals surface area contributed by atoms with E-state index in [-0.39, 0.29) is 0 Å². The first kappa shape index (κ1) is 11.0. The van der Waals surface area contributed by atoms with Crippen LogP contribution in [0.4, 0.5) is 0 Å². The zero-order chi connectivity index (χ0) is 10.7. The van der Waals surface area contributed by atoms with E-state index in [0.29, 0.717) is 0 Å². The lowest BCUT2D eigenvalue weighted by atomic mass is 10.3. The van der Waals surface area contributed by atoms with E-state index in [4.69, 9.17) is 0 Å². The van der Waals surface area contributed by atoms with Crippen LogP contribution >= 0.6 is 35.7 Å². The Morgan fingerprint density at radius 2 is 2.27 bits per heavy atom. The highest BCUT2D eigenvalue weighted by Gasteiger charge is 2.03. The summed E-state index contributed by atoms with van der Waals surface area (Å²) in [6, 6.07) is 8.21. The number of para-hydroxylation sites is 1. The van der Waals surface area contributed by atoms with Crippen LogP contribution in [0.15, 0.2) is 40.8 Å². The minimum Gasteiger partial charge on any atom is -0.230 e. The number of aromatic nitrogens is 1. The Hall–Kier alpha value is -0.450. The molecular weight excluding hydrogens is 242 g/mol. The summed E-state index contributed by atoms with van der Waals surface area (Å²) in [5, 5.41) is 0. The number of fused-ring (bicyclic) bond motifs is 1. The number of thiazole rings is 1. The molecule has 0 atom stereocenters. The SMILES string of the molecule is C=C(CS)CSc1nc2ccccc2s1. The average Bonchev–Trinajstić information content (AvgIpc) is 2.68. The van der Waals surface area contributed by atoms with Crippen molar-refractivity contribution >= 4 is 45.9 Å². The van der Waals surface area contributed by atoms with E-state index >= 15 is 0 Å². The first-order chi connectivity index (χ1) is 7.29. The summed E-state index contributed by atoms with van der Waals surface area (Å²) in [4.78, 5) is 4.53. The molecule has 0 spiro atoms. The Bertz CT molecular complexity index is 442. The predicted octanol–water partition coefficient (Wildman–Crippen LogP) is 3.87. The van der Waals surface area contributed by atoms with Crippen molar-refractivity contribution in [3.63, 3.8) is 0 Å². The van der Waals surface area contributed by atoms with E-state index in [1.54, 1.807) is 23.1 Å². The summed E-state index contributed by atoms with van der Waals surface area (Å²) in [5.74, 6) is 1.65. The number of benzene rings is 1. The van der Waals surface area contributed by atoms with Gasteiger partial charge < -0.3 is 0 Å². The quantitative estimate of drug-likeness (QED) is 0.504. The van der Waals surface area contributed by atoms with Crippen LogP contribution < -0.4 is 0 Å². The van der Waals surface area contributed by atoms with E-state index in [0.717, 1.165) is 26.9 Å². The first-order valence-electron chi connectivity index (χ1n) is 4.55. The summed E-state index contributed by atoms with van der Waals surface area (Å²) in [5.41, 5.74) is 2.23. The van der Waals surface area contributed by atoms with Gasteiger partial charge in [0, 0.05) is 11.5 Å². The van der Waals surface area contributed by atoms with E-state index < -0.39 is 0 Å². The molecule has 0 aliphatic heterocycles. The molecule has 0 amide bonds. The van der Waals surface area contributed by atoms with Gasteiger partial charge in [-0.2, -0.15) is 12.6 Å². The molecule has 4 heteroatoms. The highest BCUT2D eigenvalue weighted by Crippen LogP contribution is 2.30. The number of thiol groups is 1. The number of nitrogens with zero attached hydrogens (tertiary/aromatic N) is 1. The lowest BCUT2D eigenvalue weighted by molar-refractivity contribution is 1.30. The van der Waals surface area contributed by atoms with E-state index in [2.05, 4.69) is 30.3 Å². The van der Waals surface area contributed by atoms with Gasteiger partial charge in [0.1, 0.15) is 0 Å². The van der Waals surface area contributed by atoms with Crippen LogP contribution in [0.3, 0.4) is 0 Å². The first-order valence-corrected chi connectivity index (χ1v) is 6.99. The van der Waals surface area contributed by atoms with Crippen LogP contribution in [0.2, 0.25) is 0 Å². The van der Waals surface area contributed by atoms with Crippen molar-refractivity contribution in [3.8, 4) is 0 Å². The lowest BCUT2D eigenvalue weighted by Gasteiger charge is -1.97. The Labute approximate surface area is 103 Å². The zero-order valence-electron chi connectivity index (χ0n) is 8.14. The van der Waals surface area contributed by atoms with Crippen molar-refractivity contribution in [2.24, 2.45) is 0 Å². The zero-order valence-corrected chi connectivity index (χ0v) is 10.7. The second-order valence-electron chi connectivity index (χ2n) is 3.14. The smallest absolute Gasteiger partial charge is 0.151 e. The monoisotopic (exact) mass is 253 g/mol. The molecule has 1 aromatic carbocycles. The molecule has 0 radical (unpaired) electrons. The van der Waals surface area contributed by atoms with Crippen molar-refractivity contribution in [3.05, 3.63) is 36.4 Å². The van der Waals surface area contributed by atoms with Gasteiger partial charge in [-0.25, -0.2) is 4.98 Å². The van der Waals surface area contributed by atoms with Crippen LogP contribution in [0.5, 0.6) is 0 Å². The molecule has 1 aromatic heterocycles. The van der Waals surface area contributed by atoms with E-state index in [9.17, 15) is 0 Å². The summed E-state index contributed by atoms with van der Waals surface area (Å²) in [6.45, 7) is 3.92. The van der Waals surface area contributed by atoms with Gasteiger partial charge in [-0.15, -0.1) is 11.3 Å². The van der Waals surface area contributed by atoms with Crippen LogP contribution in [-0.2, 0) is 0 Å². The molecule has 1 nitrogen and oxygen atoms in total. The van der Waals surface area contributed by atoms with Gasteiger partial charge in [0.15, 0.2) is 4.34 Å². The lowest BCUT2D eigenvalue weighted by Crippen LogP contribution is -1.85. The molecule has 0 N–H and O–H groups in total. The van der Waals surface area contributed by atoms with Crippen molar-refractivity contribution in [1.82, 2.24) is 4.98 Å². The highest BCUT2D eigenvalue weighted by atomic mass is 32.2. The maximum absolute atomic E-state index is 4.53. The van der Waals surface area contributed by atoms with Crippen molar-refractivity contribution < 1.29 is 0 Å². The summed E-state index contributed by atoms with van der Waals surface area (Å²) >= 11 is 7.66. The predicted molar refractivity (Wildman–Crippen MR) is 73.3 cm³/mol. The van der Waals surface area contributed by atoms with Gasteiger partial charge in [-0.1, -0.05) is 36.0 Å². The van der Waals surface area contributed by atoms with Gasteiger partial charge in [0.2, 0.25) is 0 Å². The fraction of sp³-hybridized carbons (Fsp3) is 0.182. The Morgan fingerprint density at radius 1 is 1.47 bits per heavy atom. The maximum Gasteiger partial charge on any atom is 0.151 e. The molecular formula is C11H11NS3. The standard InChI is InChI=1S/C11H11NS3/c1-8(6-13)7-14-11-12-9-4-2-3-5-10(9)15-11/h2-5,13H,1,6-7H2. The third-order valence-corrected chi connectivity index (χ3v) is 4.67. The van der Waals surface area contributed by atoms with Gasteiger partial charge in [-0.05, 0) is 12.1 Å². The molecule has 15 heavy (non-hydrogen) atoms. The molecule has 0 aliphatic carbocycles. The van der Waals surface area contributed by atoms with Crippen molar-refractivity contribution in [1.29, 1.82) is 0 Å². The average molecular weight is 253 g/mol. The normalized spacial score (nSPS) is 10.7. The minimum absolute atomic E-state index is 0.748. The van der Waals surface area contributed by atoms with Crippen molar-refractivity contribution in [2.75, 3.05) is 11.5 Å². The van der Waals surface area contributed by atoms with Crippen LogP contribution in [0.25, 0.3) is 10.2 Å². The fourth-order valence-corrected chi connectivity index (χ4v) is 3.36. The Balaban J connectivity index is 2.12. The highest BCUT2D eigenvalue weighted by molar-refractivity contribution is 8.01. The van der Waals surface area contributed by atoms with Gasteiger partial charge >= 0.3 is 0 Å². The maximum atomic E-state index is 4.53. The summed E-state index contributed by atoms with van der Waals surface area (Å²) in [6.07, 6.45) is 0. The molecule has 2 aromatic rings. The third kappa shape index (κ3) is 2.77. The molecule has 2 rings (SSSR count). The number of hydrogen-bond acceptors (Lipinski definition) is 4. The third-order valence-electron chi connectivity index (χ3n) is 1.90. The molecule has 0 saturated carbocycles. The Kier molecular flexibility index (Phi) is 3.72. The molecule has 0 bridgehead atoms. The van der Waals surface area contributed by atoms with Crippen LogP contribution in [0.1, 0.15) is 0 Å². The molecule has 0 saturated heterocycles. The van der Waals surface area contributed by atoms with Gasteiger partial charge in [0.05, 0.1) is 10.2 Å². The largest absolute Gasteiger partial charge is 0.230 e.